The lowest BCUT2D eigenvalue weighted by Gasteiger charge is -2.31. The molecule has 126 valence electrons. The van der Waals surface area contributed by atoms with Crippen LogP contribution in [0.25, 0.3) is 0 Å². The number of nitrogens with zero attached hydrogens (tertiary/aromatic N) is 1. The summed E-state index contributed by atoms with van der Waals surface area (Å²) in [6.45, 7) is 2.26. The van der Waals surface area contributed by atoms with Gasteiger partial charge in [-0.2, -0.15) is 0 Å². The molecule has 0 aliphatic rings. The largest absolute Gasteiger partial charge is 0.477 e. The molecule has 0 radical (unpaired) electrons. The zero-order chi connectivity index (χ0) is 16.1. The third-order valence-electron chi connectivity index (χ3n) is 4.30. The number of carbonyl (C=O) groups is 1. The fourth-order valence-electron chi connectivity index (χ4n) is 2.84. The fourth-order valence-corrected chi connectivity index (χ4v) is 2.84. The van der Waals surface area contributed by atoms with Gasteiger partial charge in [0.25, 0.3) is 0 Å². The van der Waals surface area contributed by atoms with E-state index in [0.717, 1.165) is 12.8 Å². The number of quaternary nitrogens is 1. The third kappa shape index (κ3) is 11.7. The minimum absolute atomic E-state index is 0.261. The van der Waals surface area contributed by atoms with Crippen LogP contribution in [0.5, 0.6) is 0 Å². The van der Waals surface area contributed by atoms with Crippen LogP contribution in [0.2, 0.25) is 0 Å². The Morgan fingerprint density at radius 3 is 1.52 bits per heavy atom. The SMILES string of the molecule is CCCCCCCCCCCCCC(C(=O)O)[N+](C)(C)C. The molecule has 1 unspecified atom stereocenters. The molecule has 0 aromatic carbocycles. The van der Waals surface area contributed by atoms with Crippen LogP contribution in [0.15, 0.2) is 0 Å². The first-order valence-corrected chi connectivity index (χ1v) is 8.93. The van der Waals surface area contributed by atoms with Gasteiger partial charge in [0.2, 0.25) is 0 Å². The van der Waals surface area contributed by atoms with Crippen molar-refractivity contribution in [3.05, 3.63) is 0 Å². The molecule has 3 nitrogen and oxygen atoms in total. The van der Waals surface area contributed by atoms with Crippen molar-refractivity contribution < 1.29 is 14.4 Å². The number of hydrogen-bond donors (Lipinski definition) is 1. The van der Waals surface area contributed by atoms with E-state index in [1.165, 1.54) is 64.2 Å². The minimum Gasteiger partial charge on any atom is -0.477 e. The predicted molar refractivity (Wildman–Crippen MR) is 90.5 cm³/mol. The highest BCUT2D eigenvalue weighted by molar-refractivity contribution is 5.72. The van der Waals surface area contributed by atoms with Crippen molar-refractivity contribution in [1.29, 1.82) is 0 Å². The highest BCUT2D eigenvalue weighted by atomic mass is 16.4. The van der Waals surface area contributed by atoms with Crippen molar-refractivity contribution in [3.63, 3.8) is 0 Å². The summed E-state index contributed by atoms with van der Waals surface area (Å²) in [5.74, 6) is -0.658. The molecule has 0 aliphatic carbocycles. The molecule has 0 saturated heterocycles. The van der Waals surface area contributed by atoms with Crippen molar-refractivity contribution in [2.24, 2.45) is 0 Å². The van der Waals surface area contributed by atoms with Crippen LogP contribution < -0.4 is 0 Å². The minimum atomic E-state index is -0.658. The zero-order valence-corrected chi connectivity index (χ0v) is 14.9. The molecule has 0 rings (SSSR count). The Kier molecular flexibility index (Phi) is 11.7. The topological polar surface area (TPSA) is 37.3 Å². The molecular formula is C18H38NO2+. The standard InChI is InChI=1S/C18H37NO2/c1-5-6-7-8-9-10-11-12-13-14-15-16-17(18(20)21)19(2,3)4/h17H,5-16H2,1-4H3/p+1. The van der Waals surface area contributed by atoms with E-state index in [1.807, 2.05) is 21.1 Å². The van der Waals surface area contributed by atoms with Crippen molar-refractivity contribution in [3.8, 4) is 0 Å². The van der Waals surface area contributed by atoms with Crippen LogP contribution in [0.4, 0.5) is 0 Å². The summed E-state index contributed by atoms with van der Waals surface area (Å²) < 4.78 is 0.521. The van der Waals surface area contributed by atoms with Gasteiger partial charge in [-0.3, -0.25) is 0 Å². The summed E-state index contributed by atoms with van der Waals surface area (Å²) in [6, 6.07) is -0.261. The second-order valence-corrected chi connectivity index (χ2v) is 7.29. The van der Waals surface area contributed by atoms with Gasteiger partial charge < -0.3 is 9.59 Å². The van der Waals surface area contributed by atoms with Crippen molar-refractivity contribution >= 4 is 5.97 Å². The van der Waals surface area contributed by atoms with E-state index >= 15 is 0 Å². The fraction of sp³-hybridized carbons (Fsp3) is 0.944. The summed E-state index contributed by atoms with van der Waals surface area (Å²) in [4.78, 5) is 11.2. The number of carboxylic acids is 1. The number of likely N-dealkylation sites (N-methyl/N-ethyl adjacent to an activating group) is 1. The summed E-state index contributed by atoms with van der Waals surface area (Å²) >= 11 is 0. The lowest BCUT2D eigenvalue weighted by Crippen LogP contribution is -2.49. The number of rotatable bonds is 14. The third-order valence-corrected chi connectivity index (χ3v) is 4.30. The van der Waals surface area contributed by atoms with E-state index in [2.05, 4.69) is 6.92 Å². The number of hydrogen-bond acceptors (Lipinski definition) is 1. The second-order valence-electron chi connectivity index (χ2n) is 7.29. The Bertz CT molecular complexity index is 258. The highest BCUT2D eigenvalue weighted by Gasteiger charge is 2.30. The van der Waals surface area contributed by atoms with E-state index < -0.39 is 5.97 Å². The Labute approximate surface area is 132 Å². The summed E-state index contributed by atoms with van der Waals surface area (Å²) in [5, 5.41) is 9.25. The maximum atomic E-state index is 11.2. The number of unbranched alkanes of at least 4 members (excludes halogenated alkanes) is 10. The average Bonchev–Trinajstić information content (AvgIpc) is 2.38. The molecule has 0 saturated carbocycles. The Balaban J connectivity index is 3.45. The van der Waals surface area contributed by atoms with E-state index in [1.54, 1.807) is 0 Å². The monoisotopic (exact) mass is 300 g/mol. The van der Waals surface area contributed by atoms with Gasteiger partial charge in [-0.25, -0.2) is 4.79 Å². The molecule has 0 spiro atoms. The van der Waals surface area contributed by atoms with Crippen LogP contribution in [-0.2, 0) is 4.79 Å². The molecule has 0 aromatic rings. The molecule has 0 fully saturated rings. The molecule has 1 N–H and O–H groups in total. The lowest BCUT2D eigenvalue weighted by atomic mass is 10.0. The van der Waals surface area contributed by atoms with Gasteiger partial charge in [-0.05, 0) is 6.42 Å². The van der Waals surface area contributed by atoms with Crippen LogP contribution in [0.1, 0.15) is 84.0 Å². The molecule has 0 amide bonds. The highest BCUT2D eigenvalue weighted by Crippen LogP contribution is 2.15. The Hall–Kier alpha value is -0.570. The number of aliphatic carboxylic acids is 1. The first kappa shape index (κ1) is 20.4. The van der Waals surface area contributed by atoms with Crippen LogP contribution in [0.3, 0.4) is 0 Å². The van der Waals surface area contributed by atoms with Gasteiger partial charge in [-0.1, -0.05) is 71.1 Å². The average molecular weight is 301 g/mol. The number of carboxylic acid groups (broad SMARTS) is 1. The van der Waals surface area contributed by atoms with Crippen molar-refractivity contribution in [1.82, 2.24) is 0 Å². The van der Waals surface area contributed by atoms with Gasteiger partial charge in [0, 0.05) is 6.42 Å². The van der Waals surface area contributed by atoms with Gasteiger partial charge in [0.1, 0.15) is 0 Å². The lowest BCUT2D eigenvalue weighted by molar-refractivity contribution is -0.887. The quantitative estimate of drug-likeness (QED) is 0.368. The van der Waals surface area contributed by atoms with E-state index in [4.69, 9.17) is 0 Å². The summed E-state index contributed by atoms with van der Waals surface area (Å²) in [5.41, 5.74) is 0. The van der Waals surface area contributed by atoms with Crippen molar-refractivity contribution in [2.75, 3.05) is 21.1 Å². The maximum Gasteiger partial charge on any atom is 0.362 e. The van der Waals surface area contributed by atoms with Crippen LogP contribution in [0, 0.1) is 0 Å². The van der Waals surface area contributed by atoms with Gasteiger partial charge >= 0.3 is 5.97 Å². The zero-order valence-electron chi connectivity index (χ0n) is 14.9. The van der Waals surface area contributed by atoms with Crippen LogP contribution >= 0.6 is 0 Å². The molecule has 3 heteroatoms. The van der Waals surface area contributed by atoms with Crippen molar-refractivity contribution in [2.45, 2.75) is 90.0 Å². The predicted octanol–water partition coefficient (Wildman–Crippen LogP) is 4.85. The van der Waals surface area contributed by atoms with Gasteiger partial charge in [0.05, 0.1) is 21.1 Å². The molecule has 0 bridgehead atoms. The molecule has 0 aromatic heterocycles. The maximum absolute atomic E-state index is 11.2. The molecular weight excluding hydrogens is 262 g/mol. The Morgan fingerprint density at radius 2 is 1.19 bits per heavy atom. The molecule has 0 heterocycles. The van der Waals surface area contributed by atoms with E-state index in [9.17, 15) is 9.90 Å². The van der Waals surface area contributed by atoms with Gasteiger partial charge in [-0.15, -0.1) is 0 Å². The normalized spacial score (nSPS) is 13.3. The summed E-state index contributed by atoms with van der Waals surface area (Å²) in [6.07, 6.45) is 15.2. The second kappa shape index (κ2) is 12.0. The molecule has 0 aliphatic heterocycles. The molecule has 21 heavy (non-hydrogen) atoms. The van der Waals surface area contributed by atoms with Crippen LogP contribution in [-0.4, -0.2) is 42.7 Å². The first-order chi connectivity index (χ1) is 9.89. The van der Waals surface area contributed by atoms with E-state index in [-0.39, 0.29) is 6.04 Å². The van der Waals surface area contributed by atoms with E-state index in [0.29, 0.717) is 4.48 Å². The van der Waals surface area contributed by atoms with Gasteiger partial charge in [0.15, 0.2) is 6.04 Å². The smallest absolute Gasteiger partial charge is 0.362 e. The summed E-state index contributed by atoms with van der Waals surface area (Å²) in [7, 11) is 5.91. The Morgan fingerprint density at radius 1 is 0.810 bits per heavy atom. The molecule has 1 atom stereocenters. The first-order valence-electron chi connectivity index (χ1n) is 8.93.